The molecule has 0 saturated carbocycles. The maximum Gasteiger partial charge on any atom is 0.119 e. The molecule has 2 aromatic carbocycles. The number of aryl methyl sites for hydroxylation is 2. The first-order valence-corrected chi connectivity index (χ1v) is 9.94. The molecule has 1 atom stereocenters. The van der Waals surface area contributed by atoms with E-state index in [4.69, 9.17) is 16.3 Å². The van der Waals surface area contributed by atoms with Gasteiger partial charge in [-0.1, -0.05) is 29.8 Å². The summed E-state index contributed by atoms with van der Waals surface area (Å²) < 4.78 is 5.76. The standard InChI is InChI=1S/C22H29ClN2O2/c1-17-3-8-22(13-18(17)2)27-16-21(26)15-25-11-9-24(10-12-25)14-19-4-6-20(23)7-5-19/h3-8,13,21,26H,9-12,14-16H2,1-2H3/t21-/m1/s1. The summed E-state index contributed by atoms with van der Waals surface area (Å²) in [6.45, 7) is 10.0. The Morgan fingerprint density at radius 3 is 2.30 bits per heavy atom. The summed E-state index contributed by atoms with van der Waals surface area (Å²) >= 11 is 5.95. The number of piperazine rings is 1. The Balaban J connectivity index is 1.38. The zero-order valence-electron chi connectivity index (χ0n) is 16.2. The van der Waals surface area contributed by atoms with Crippen LogP contribution in [0, 0.1) is 13.8 Å². The number of aliphatic hydroxyl groups is 1. The number of hydrogen-bond donors (Lipinski definition) is 1. The summed E-state index contributed by atoms with van der Waals surface area (Å²) in [6, 6.07) is 14.1. The number of nitrogens with zero attached hydrogens (tertiary/aromatic N) is 2. The largest absolute Gasteiger partial charge is 0.491 e. The van der Waals surface area contributed by atoms with Crippen molar-refractivity contribution in [2.45, 2.75) is 26.5 Å². The minimum Gasteiger partial charge on any atom is -0.491 e. The Labute approximate surface area is 167 Å². The molecule has 3 rings (SSSR count). The molecule has 0 aromatic heterocycles. The van der Waals surface area contributed by atoms with Crippen molar-refractivity contribution < 1.29 is 9.84 Å². The summed E-state index contributed by atoms with van der Waals surface area (Å²) in [6.07, 6.45) is -0.477. The average molecular weight is 389 g/mol. The lowest BCUT2D eigenvalue weighted by Crippen LogP contribution is -2.48. The molecule has 5 heteroatoms. The fourth-order valence-electron chi connectivity index (χ4n) is 3.32. The molecule has 146 valence electrons. The number of aliphatic hydroxyl groups excluding tert-OH is 1. The van der Waals surface area contributed by atoms with Crippen LogP contribution in [-0.4, -0.2) is 60.3 Å². The molecular weight excluding hydrogens is 360 g/mol. The van der Waals surface area contributed by atoms with Crippen LogP contribution >= 0.6 is 11.6 Å². The van der Waals surface area contributed by atoms with Gasteiger partial charge >= 0.3 is 0 Å². The Morgan fingerprint density at radius 1 is 0.963 bits per heavy atom. The summed E-state index contributed by atoms with van der Waals surface area (Å²) in [4.78, 5) is 4.75. The third-order valence-electron chi connectivity index (χ3n) is 5.17. The molecule has 0 spiro atoms. The second kappa shape index (κ2) is 9.56. The van der Waals surface area contributed by atoms with E-state index in [-0.39, 0.29) is 0 Å². The molecule has 4 nitrogen and oxygen atoms in total. The predicted molar refractivity (Wildman–Crippen MR) is 111 cm³/mol. The van der Waals surface area contributed by atoms with Crippen molar-refractivity contribution in [3.05, 3.63) is 64.2 Å². The first-order chi connectivity index (χ1) is 13.0. The van der Waals surface area contributed by atoms with Crippen molar-refractivity contribution in [1.82, 2.24) is 9.80 Å². The molecule has 1 heterocycles. The van der Waals surface area contributed by atoms with Gasteiger partial charge in [0.25, 0.3) is 0 Å². The van der Waals surface area contributed by atoms with Crippen molar-refractivity contribution in [3.8, 4) is 5.75 Å². The molecule has 0 aliphatic carbocycles. The van der Waals surface area contributed by atoms with Crippen LogP contribution < -0.4 is 4.74 Å². The number of hydrogen-bond acceptors (Lipinski definition) is 4. The Morgan fingerprint density at radius 2 is 1.63 bits per heavy atom. The molecule has 1 saturated heterocycles. The SMILES string of the molecule is Cc1ccc(OC[C@H](O)CN2CCN(Cc3ccc(Cl)cc3)CC2)cc1C. The van der Waals surface area contributed by atoms with E-state index in [0.29, 0.717) is 13.2 Å². The van der Waals surface area contributed by atoms with Gasteiger partial charge in [-0.05, 0) is 54.8 Å². The molecule has 27 heavy (non-hydrogen) atoms. The van der Waals surface area contributed by atoms with Gasteiger partial charge in [-0.25, -0.2) is 0 Å². The number of benzene rings is 2. The van der Waals surface area contributed by atoms with Gasteiger partial charge < -0.3 is 9.84 Å². The molecule has 0 unspecified atom stereocenters. The summed E-state index contributed by atoms with van der Waals surface area (Å²) in [5.41, 5.74) is 3.74. The highest BCUT2D eigenvalue weighted by Crippen LogP contribution is 2.17. The second-order valence-corrected chi connectivity index (χ2v) is 7.85. The van der Waals surface area contributed by atoms with E-state index in [1.165, 1.54) is 16.7 Å². The van der Waals surface area contributed by atoms with Gasteiger partial charge in [0.1, 0.15) is 18.5 Å². The quantitative estimate of drug-likeness (QED) is 0.787. The Hall–Kier alpha value is -1.59. The van der Waals surface area contributed by atoms with Gasteiger partial charge in [0.15, 0.2) is 0 Å². The molecule has 1 aliphatic heterocycles. The van der Waals surface area contributed by atoms with Crippen LogP contribution in [0.4, 0.5) is 0 Å². The van der Waals surface area contributed by atoms with Crippen LogP contribution in [0.3, 0.4) is 0 Å². The summed E-state index contributed by atoms with van der Waals surface area (Å²) in [5, 5.41) is 11.1. The van der Waals surface area contributed by atoms with Gasteiger partial charge in [0.05, 0.1) is 0 Å². The summed E-state index contributed by atoms with van der Waals surface area (Å²) in [7, 11) is 0. The first kappa shape index (κ1) is 20.2. The second-order valence-electron chi connectivity index (χ2n) is 7.41. The van der Waals surface area contributed by atoms with E-state index in [1.807, 2.05) is 24.3 Å². The zero-order valence-corrected chi connectivity index (χ0v) is 17.0. The van der Waals surface area contributed by atoms with Crippen molar-refractivity contribution in [1.29, 1.82) is 0 Å². The average Bonchev–Trinajstić information content (AvgIpc) is 2.66. The smallest absolute Gasteiger partial charge is 0.119 e. The third kappa shape index (κ3) is 6.22. The van der Waals surface area contributed by atoms with Crippen molar-refractivity contribution in [3.63, 3.8) is 0 Å². The van der Waals surface area contributed by atoms with Crippen LogP contribution in [0.1, 0.15) is 16.7 Å². The van der Waals surface area contributed by atoms with Crippen LogP contribution in [0.15, 0.2) is 42.5 Å². The van der Waals surface area contributed by atoms with Gasteiger partial charge in [-0.3, -0.25) is 9.80 Å². The Kier molecular flexibility index (Phi) is 7.13. The van der Waals surface area contributed by atoms with Gasteiger partial charge in [-0.2, -0.15) is 0 Å². The molecular formula is C22H29ClN2O2. The third-order valence-corrected chi connectivity index (χ3v) is 5.43. The minimum absolute atomic E-state index is 0.327. The lowest BCUT2D eigenvalue weighted by Gasteiger charge is -2.35. The van der Waals surface area contributed by atoms with E-state index < -0.39 is 6.10 Å². The van der Waals surface area contributed by atoms with Crippen LogP contribution in [-0.2, 0) is 6.54 Å². The van der Waals surface area contributed by atoms with Gasteiger partial charge in [0, 0.05) is 44.3 Å². The number of rotatable bonds is 7. The van der Waals surface area contributed by atoms with E-state index in [0.717, 1.165) is 43.5 Å². The lowest BCUT2D eigenvalue weighted by molar-refractivity contribution is 0.0446. The van der Waals surface area contributed by atoms with Crippen molar-refractivity contribution in [2.24, 2.45) is 0 Å². The first-order valence-electron chi connectivity index (χ1n) is 9.57. The monoisotopic (exact) mass is 388 g/mol. The lowest BCUT2D eigenvalue weighted by atomic mass is 10.1. The Bertz CT molecular complexity index is 728. The highest BCUT2D eigenvalue weighted by atomic mass is 35.5. The number of ether oxygens (including phenoxy) is 1. The van der Waals surface area contributed by atoms with Crippen LogP contribution in [0.2, 0.25) is 5.02 Å². The summed E-state index contributed by atoms with van der Waals surface area (Å²) in [5.74, 6) is 0.824. The molecule has 1 N–H and O–H groups in total. The fraction of sp³-hybridized carbons (Fsp3) is 0.455. The van der Waals surface area contributed by atoms with Crippen LogP contribution in [0.25, 0.3) is 0 Å². The molecule has 2 aromatic rings. The van der Waals surface area contributed by atoms with E-state index in [9.17, 15) is 5.11 Å². The zero-order chi connectivity index (χ0) is 19.2. The predicted octanol–water partition coefficient (Wildman–Crippen LogP) is 3.51. The molecule has 0 bridgehead atoms. The molecule has 1 aliphatic rings. The molecule has 1 fully saturated rings. The fourth-order valence-corrected chi connectivity index (χ4v) is 3.45. The minimum atomic E-state index is -0.477. The van der Waals surface area contributed by atoms with E-state index >= 15 is 0 Å². The van der Waals surface area contributed by atoms with Crippen molar-refractivity contribution in [2.75, 3.05) is 39.3 Å². The van der Waals surface area contributed by atoms with Crippen molar-refractivity contribution >= 4 is 11.6 Å². The number of halogens is 1. The van der Waals surface area contributed by atoms with Gasteiger partial charge in [0.2, 0.25) is 0 Å². The van der Waals surface area contributed by atoms with Gasteiger partial charge in [-0.15, -0.1) is 0 Å². The van der Waals surface area contributed by atoms with E-state index in [2.05, 4.69) is 41.8 Å². The highest BCUT2D eigenvalue weighted by molar-refractivity contribution is 6.30. The highest BCUT2D eigenvalue weighted by Gasteiger charge is 2.19. The molecule has 0 amide bonds. The maximum atomic E-state index is 10.3. The topological polar surface area (TPSA) is 35.9 Å². The van der Waals surface area contributed by atoms with E-state index in [1.54, 1.807) is 0 Å². The maximum absolute atomic E-state index is 10.3. The molecule has 0 radical (unpaired) electrons. The normalized spacial score (nSPS) is 17.0. The number of β-amino-alcohol motifs (C(OH)–C–C–N with tert-alkyl or cyclic N) is 1. The van der Waals surface area contributed by atoms with Crippen LogP contribution in [0.5, 0.6) is 5.75 Å².